The van der Waals surface area contributed by atoms with Gasteiger partial charge in [0.15, 0.2) is 0 Å². The molecular weight excluding hydrogens is 292 g/mol. The van der Waals surface area contributed by atoms with E-state index in [1.807, 2.05) is 11.8 Å². The van der Waals surface area contributed by atoms with E-state index >= 15 is 0 Å². The van der Waals surface area contributed by atoms with Crippen LogP contribution in [0.25, 0.3) is 0 Å². The number of ether oxygens (including phenoxy) is 2. The smallest absolute Gasteiger partial charge is 0.317 e. The highest BCUT2D eigenvalue weighted by Gasteiger charge is 2.21. The maximum atomic E-state index is 12.4. The molecule has 23 heavy (non-hydrogen) atoms. The lowest BCUT2D eigenvalue weighted by Crippen LogP contribution is -2.46. The van der Waals surface area contributed by atoms with Crippen molar-refractivity contribution in [2.24, 2.45) is 0 Å². The molecule has 0 aliphatic carbocycles. The van der Waals surface area contributed by atoms with Gasteiger partial charge in [-0.3, -0.25) is 0 Å². The minimum Gasteiger partial charge on any atom is -0.379 e. The summed E-state index contributed by atoms with van der Waals surface area (Å²) in [6.45, 7) is 5.51. The van der Waals surface area contributed by atoms with Crippen molar-refractivity contribution in [2.45, 2.75) is 38.3 Å². The van der Waals surface area contributed by atoms with Gasteiger partial charge in [-0.05, 0) is 37.3 Å². The highest BCUT2D eigenvalue weighted by atomic mass is 16.5. The van der Waals surface area contributed by atoms with Crippen LogP contribution in [0.15, 0.2) is 24.3 Å². The Hall–Kier alpha value is -1.59. The third kappa shape index (κ3) is 4.45. The molecule has 5 heteroatoms. The Morgan fingerprint density at radius 2 is 2.04 bits per heavy atom. The molecule has 1 saturated heterocycles. The summed E-state index contributed by atoms with van der Waals surface area (Å²) in [5.41, 5.74) is 2.72. The molecule has 0 saturated carbocycles. The summed E-state index contributed by atoms with van der Waals surface area (Å²) < 4.78 is 11.1. The highest BCUT2D eigenvalue weighted by Crippen LogP contribution is 2.15. The summed E-state index contributed by atoms with van der Waals surface area (Å²) in [6, 6.07) is 8.49. The van der Waals surface area contributed by atoms with Crippen LogP contribution in [0, 0.1) is 0 Å². The van der Waals surface area contributed by atoms with Crippen molar-refractivity contribution in [3.8, 4) is 0 Å². The highest BCUT2D eigenvalue weighted by molar-refractivity contribution is 5.74. The third-order valence-corrected chi connectivity index (χ3v) is 4.55. The first kappa shape index (κ1) is 16.3. The van der Waals surface area contributed by atoms with Crippen LogP contribution >= 0.6 is 0 Å². The van der Waals surface area contributed by atoms with Gasteiger partial charge >= 0.3 is 6.03 Å². The first-order valence-electron chi connectivity index (χ1n) is 8.54. The zero-order valence-electron chi connectivity index (χ0n) is 13.8. The zero-order chi connectivity index (χ0) is 16.1. The third-order valence-electron chi connectivity index (χ3n) is 4.55. The first-order valence-corrected chi connectivity index (χ1v) is 8.54. The van der Waals surface area contributed by atoms with E-state index in [1.54, 1.807) is 0 Å². The number of benzene rings is 1. The van der Waals surface area contributed by atoms with Gasteiger partial charge in [-0.1, -0.05) is 24.3 Å². The summed E-state index contributed by atoms with van der Waals surface area (Å²) >= 11 is 0. The Balaban J connectivity index is 1.45. The van der Waals surface area contributed by atoms with Crippen LogP contribution < -0.4 is 5.32 Å². The van der Waals surface area contributed by atoms with Gasteiger partial charge in [-0.15, -0.1) is 0 Å². The van der Waals surface area contributed by atoms with Crippen LogP contribution in [0.3, 0.4) is 0 Å². The average Bonchev–Trinajstić information content (AvgIpc) is 2.98. The Morgan fingerprint density at radius 1 is 1.35 bits per heavy atom. The number of fused-ring (bicyclic) bond motifs is 1. The van der Waals surface area contributed by atoms with Crippen molar-refractivity contribution in [3.05, 3.63) is 35.4 Å². The Bertz CT molecular complexity index is 502. The van der Waals surface area contributed by atoms with Crippen molar-refractivity contribution in [2.75, 3.05) is 32.9 Å². The van der Waals surface area contributed by atoms with Gasteiger partial charge in [0, 0.05) is 19.7 Å². The van der Waals surface area contributed by atoms with Gasteiger partial charge in [0.25, 0.3) is 0 Å². The molecule has 1 aromatic carbocycles. The molecule has 2 heterocycles. The van der Waals surface area contributed by atoms with Gasteiger partial charge in [-0.2, -0.15) is 0 Å². The van der Waals surface area contributed by atoms with Crippen LogP contribution in [-0.4, -0.2) is 56.0 Å². The number of hydrogen-bond acceptors (Lipinski definition) is 3. The minimum atomic E-state index is 0.00808. The second-order valence-corrected chi connectivity index (χ2v) is 6.43. The van der Waals surface area contributed by atoms with E-state index in [-0.39, 0.29) is 18.2 Å². The minimum absolute atomic E-state index is 0.00808. The molecule has 0 aromatic heterocycles. The van der Waals surface area contributed by atoms with Crippen molar-refractivity contribution in [1.82, 2.24) is 10.2 Å². The number of nitrogens with zero attached hydrogens (tertiary/aromatic N) is 1. The maximum absolute atomic E-state index is 12.4. The molecule has 2 atom stereocenters. The summed E-state index contributed by atoms with van der Waals surface area (Å²) in [7, 11) is 0. The van der Waals surface area contributed by atoms with Gasteiger partial charge < -0.3 is 19.7 Å². The van der Waals surface area contributed by atoms with Crippen molar-refractivity contribution in [3.63, 3.8) is 0 Å². The number of amides is 2. The molecule has 2 aliphatic heterocycles. The number of carbonyl (C=O) groups excluding carboxylic acids is 1. The molecule has 2 unspecified atom stereocenters. The molecule has 0 radical (unpaired) electrons. The normalized spacial score (nSPS) is 22.3. The molecule has 5 nitrogen and oxygen atoms in total. The van der Waals surface area contributed by atoms with Crippen LogP contribution in [0.1, 0.15) is 24.5 Å². The second-order valence-electron chi connectivity index (χ2n) is 6.43. The molecular formula is C18H26N2O3. The first-order chi connectivity index (χ1) is 11.2. The standard InChI is InChI=1S/C18H26N2O3/c1-14(12-23-17-8-11-22-13-17)19-18(21)20-9-6-15-4-2-3-5-16(15)7-10-20/h2-5,14,17H,6-13H2,1H3,(H,19,21). The zero-order valence-corrected chi connectivity index (χ0v) is 13.8. The van der Waals surface area contributed by atoms with Gasteiger partial charge in [-0.25, -0.2) is 4.79 Å². The van der Waals surface area contributed by atoms with Gasteiger partial charge in [0.05, 0.1) is 25.4 Å². The quantitative estimate of drug-likeness (QED) is 0.924. The van der Waals surface area contributed by atoms with E-state index in [2.05, 4.69) is 29.6 Å². The van der Waals surface area contributed by atoms with Crippen LogP contribution in [0.4, 0.5) is 4.79 Å². The summed E-state index contributed by atoms with van der Waals surface area (Å²) in [5, 5.41) is 3.05. The van der Waals surface area contributed by atoms with E-state index < -0.39 is 0 Å². The van der Waals surface area contributed by atoms with E-state index in [9.17, 15) is 4.79 Å². The lowest BCUT2D eigenvalue weighted by Gasteiger charge is -2.24. The second kappa shape index (κ2) is 7.79. The lowest BCUT2D eigenvalue weighted by molar-refractivity contribution is 0.0331. The SMILES string of the molecule is CC(COC1CCOC1)NC(=O)N1CCc2ccccc2CC1. The fourth-order valence-electron chi connectivity index (χ4n) is 3.14. The molecule has 0 bridgehead atoms. The lowest BCUT2D eigenvalue weighted by atomic mass is 10.0. The largest absolute Gasteiger partial charge is 0.379 e. The molecule has 3 rings (SSSR count). The number of carbonyl (C=O) groups is 1. The molecule has 2 amide bonds. The van der Waals surface area contributed by atoms with Crippen molar-refractivity contribution in [1.29, 1.82) is 0 Å². The molecule has 1 aromatic rings. The summed E-state index contributed by atoms with van der Waals surface area (Å²) in [6.07, 6.45) is 2.98. The Morgan fingerprint density at radius 3 is 2.65 bits per heavy atom. The monoisotopic (exact) mass is 318 g/mol. The molecule has 1 fully saturated rings. The van der Waals surface area contributed by atoms with Crippen LogP contribution in [-0.2, 0) is 22.3 Å². The Kier molecular flexibility index (Phi) is 5.51. The van der Waals surface area contributed by atoms with E-state index in [0.29, 0.717) is 13.2 Å². The number of nitrogens with one attached hydrogen (secondary N) is 1. The Labute approximate surface area is 137 Å². The number of hydrogen-bond donors (Lipinski definition) is 1. The van der Waals surface area contributed by atoms with Gasteiger partial charge in [0.1, 0.15) is 0 Å². The van der Waals surface area contributed by atoms with Crippen LogP contribution in [0.2, 0.25) is 0 Å². The van der Waals surface area contributed by atoms with Gasteiger partial charge in [0.2, 0.25) is 0 Å². The van der Waals surface area contributed by atoms with E-state index in [1.165, 1.54) is 11.1 Å². The predicted octanol–water partition coefficient (Wildman–Crippen LogP) is 1.99. The van der Waals surface area contributed by atoms with Crippen molar-refractivity contribution < 1.29 is 14.3 Å². The fourth-order valence-corrected chi connectivity index (χ4v) is 3.14. The average molecular weight is 318 g/mol. The molecule has 126 valence electrons. The predicted molar refractivity (Wildman–Crippen MR) is 88.6 cm³/mol. The summed E-state index contributed by atoms with van der Waals surface area (Å²) in [4.78, 5) is 14.4. The molecule has 0 spiro atoms. The maximum Gasteiger partial charge on any atom is 0.317 e. The molecule has 2 aliphatic rings. The van der Waals surface area contributed by atoms with E-state index in [4.69, 9.17) is 9.47 Å². The fraction of sp³-hybridized carbons (Fsp3) is 0.611. The molecule has 1 N–H and O–H groups in total. The number of urea groups is 1. The number of rotatable bonds is 4. The topological polar surface area (TPSA) is 50.8 Å². The van der Waals surface area contributed by atoms with E-state index in [0.717, 1.165) is 39.0 Å². The summed E-state index contributed by atoms with van der Waals surface area (Å²) in [5.74, 6) is 0. The van der Waals surface area contributed by atoms with Crippen LogP contribution in [0.5, 0.6) is 0 Å². The van der Waals surface area contributed by atoms with Crippen molar-refractivity contribution >= 4 is 6.03 Å².